The number of hydrogen-bond donors (Lipinski definition) is 2. The average Bonchev–Trinajstić information content (AvgIpc) is 3.38. The van der Waals surface area contributed by atoms with Crippen molar-refractivity contribution in [2.75, 3.05) is 38.5 Å². The van der Waals surface area contributed by atoms with Crippen LogP contribution in [0.15, 0.2) is 18.6 Å². The van der Waals surface area contributed by atoms with E-state index >= 15 is 0 Å². The van der Waals surface area contributed by atoms with Gasteiger partial charge in [0.15, 0.2) is 0 Å². The van der Waals surface area contributed by atoms with Crippen LogP contribution in [0.4, 0.5) is 14.6 Å². The van der Waals surface area contributed by atoms with Gasteiger partial charge in [-0.25, -0.2) is 18.7 Å². The van der Waals surface area contributed by atoms with Crippen molar-refractivity contribution >= 4 is 16.9 Å². The Bertz CT molecular complexity index is 873. The molecule has 9 heteroatoms. The SMILES string of the molecule is Nc1ncnc2c1ccn2C1CCC(CN2CCC3(CNCCC3(F)F)C2)O1. The lowest BCUT2D eigenvalue weighted by Gasteiger charge is -2.41. The number of anilines is 1. The Morgan fingerprint density at radius 2 is 2.18 bits per heavy atom. The third-order valence-corrected chi connectivity index (χ3v) is 6.69. The highest BCUT2D eigenvalue weighted by atomic mass is 19.3. The van der Waals surface area contributed by atoms with Crippen LogP contribution in [0.25, 0.3) is 11.0 Å². The predicted molar refractivity (Wildman–Crippen MR) is 101 cm³/mol. The maximum atomic E-state index is 14.6. The van der Waals surface area contributed by atoms with Crippen LogP contribution in [0.3, 0.4) is 0 Å². The van der Waals surface area contributed by atoms with E-state index in [1.807, 2.05) is 16.8 Å². The fraction of sp³-hybridized carbons (Fsp3) is 0.684. The van der Waals surface area contributed by atoms with Crippen molar-refractivity contribution in [1.29, 1.82) is 0 Å². The quantitative estimate of drug-likeness (QED) is 0.832. The summed E-state index contributed by atoms with van der Waals surface area (Å²) in [5, 5.41) is 3.99. The van der Waals surface area contributed by atoms with Crippen LogP contribution in [-0.4, -0.2) is 64.2 Å². The van der Waals surface area contributed by atoms with Gasteiger partial charge in [0, 0.05) is 38.8 Å². The highest BCUT2D eigenvalue weighted by Crippen LogP contribution is 2.47. The van der Waals surface area contributed by atoms with Crippen LogP contribution < -0.4 is 11.1 Å². The molecule has 0 aromatic carbocycles. The van der Waals surface area contributed by atoms with Gasteiger partial charge < -0.3 is 20.4 Å². The summed E-state index contributed by atoms with van der Waals surface area (Å²) in [5.74, 6) is -2.13. The normalized spacial score (nSPS) is 33.2. The van der Waals surface area contributed by atoms with Gasteiger partial charge in [-0.2, -0.15) is 0 Å². The molecular formula is C19H26F2N6O. The van der Waals surface area contributed by atoms with Crippen molar-refractivity contribution in [3.8, 4) is 0 Å². The Kier molecular flexibility index (Phi) is 4.29. The molecule has 0 radical (unpaired) electrons. The Labute approximate surface area is 162 Å². The molecule has 3 aliphatic heterocycles. The summed E-state index contributed by atoms with van der Waals surface area (Å²) < 4.78 is 37.4. The first-order valence-electron chi connectivity index (χ1n) is 10.0. The van der Waals surface area contributed by atoms with E-state index in [2.05, 4.69) is 20.2 Å². The average molecular weight is 392 g/mol. The summed E-state index contributed by atoms with van der Waals surface area (Å²) in [6.07, 6.45) is 5.59. The van der Waals surface area contributed by atoms with Gasteiger partial charge in [-0.15, -0.1) is 0 Å². The molecule has 0 aliphatic carbocycles. The third kappa shape index (κ3) is 2.87. The second-order valence-corrected chi connectivity index (χ2v) is 8.41. The summed E-state index contributed by atoms with van der Waals surface area (Å²) in [7, 11) is 0. The minimum atomic E-state index is -2.59. The fourth-order valence-electron chi connectivity index (χ4n) is 5.06. The predicted octanol–water partition coefficient (Wildman–Crippen LogP) is 2.01. The lowest BCUT2D eigenvalue weighted by atomic mass is 9.76. The van der Waals surface area contributed by atoms with Crippen LogP contribution in [-0.2, 0) is 4.74 Å². The first kappa shape index (κ1) is 18.2. The van der Waals surface area contributed by atoms with Crippen LogP contribution >= 0.6 is 0 Å². The van der Waals surface area contributed by atoms with E-state index in [1.54, 1.807) is 0 Å². The highest BCUT2D eigenvalue weighted by Gasteiger charge is 2.57. The van der Waals surface area contributed by atoms with E-state index in [9.17, 15) is 8.78 Å². The molecule has 3 unspecified atom stereocenters. The van der Waals surface area contributed by atoms with Crippen molar-refractivity contribution < 1.29 is 13.5 Å². The van der Waals surface area contributed by atoms with E-state index in [4.69, 9.17) is 10.5 Å². The topological polar surface area (TPSA) is 81.2 Å². The van der Waals surface area contributed by atoms with E-state index in [-0.39, 0.29) is 18.8 Å². The zero-order valence-corrected chi connectivity index (χ0v) is 15.8. The van der Waals surface area contributed by atoms with Crippen molar-refractivity contribution in [1.82, 2.24) is 24.8 Å². The molecule has 3 saturated heterocycles. The number of nitrogen functional groups attached to an aromatic ring is 1. The smallest absolute Gasteiger partial charge is 0.257 e. The van der Waals surface area contributed by atoms with E-state index in [0.29, 0.717) is 45.0 Å². The molecule has 0 bridgehead atoms. The number of rotatable bonds is 3. The highest BCUT2D eigenvalue weighted by molar-refractivity contribution is 5.86. The number of aromatic nitrogens is 3. The van der Waals surface area contributed by atoms with Gasteiger partial charge in [-0.3, -0.25) is 4.90 Å². The lowest BCUT2D eigenvalue weighted by molar-refractivity contribution is -0.136. The zero-order valence-electron chi connectivity index (χ0n) is 15.8. The van der Waals surface area contributed by atoms with Gasteiger partial charge in [-0.05, 0) is 31.9 Å². The summed E-state index contributed by atoms with van der Waals surface area (Å²) >= 11 is 0. The number of nitrogens with one attached hydrogen (secondary N) is 1. The monoisotopic (exact) mass is 392 g/mol. The van der Waals surface area contributed by atoms with Crippen molar-refractivity contribution in [3.63, 3.8) is 0 Å². The van der Waals surface area contributed by atoms with Gasteiger partial charge in [0.05, 0.1) is 16.9 Å². The van der Waals surface area contributed by atoms with Crippen LogP contribution in [0.1, 0.15) is 31.9 Å². The van der Waals surface area contributed by atoms with Gasteiger partial charge in [0.25, 0.3) is 5.92 Å². The molecule has 7 nitrogen and oxygen atoms in total. The Morgan fingerprint density at radius 3 is 3.04 bits per heavy atom. The summed E-state index contributed by atoms with van der Waals surface area (Å²) in [6.45, 7) is 2.65. The number of nitrogens with zero attached hydrogens (tertiary/aromatic N) is 4. The van der Waals surface area contributed by atoms with Crippen LogP contribution in [0.5, 0.6) is 0 Å². The Balaban J connectivity index is 1.24. The number of halogens is 2. The molecule has 3 atom stereocenters. The van der Waals surface area contributed by atoms with Crippen LogP contribution in [0.2, 0.25) is 0 Å². The van der Waals surface area contributed by atoms with Crippen LogP contribution in [0, 0.1) is 5.41 Å². The molecule has 2 aromatic heterocycles. The standard InChI is InChI=1S/C19H26F2N6O/c20-19(21)4-6-23-10-18(19)5-8-26(11-18)9-13-1-2-15(28-13)27-7-3-14-16(22)24-12-25-17(14)27/h3,7,12-13,15,23H,1-2,4-6,8-11H2,(H2,22,24,25). The van der Waals surface area contributed by atoms with E-state index in [1.165, 1.54) is 6.33 Å². The number of nitrogens with two attached hydrogens (primary N) is 1. The summed E-state index contributed by atoms with van der Waals surface area (Å²) in [6, 6.07) is 1.91. The molecule has 1 spiro atoms. The molecule has 0 saturated carbocycles. The summed E-state index contributed by atoms with van der Waals surface area (Å²) in [5.41, 5.74) is 5.76. The lowest BCUT2D eigenvalue weighted by Crippen LogP contribution is -2.55. The number of ether oxygens (including phenoxy) is 1. The Morgan fingerprint density at radius 1 is 1.29 bits per heavy atom. The summed E-state index contributed by atoms with van der Waals surface area (Å²) in [4.78, 5) is 10.5. The number of hydrogen-bond acceptors (Lipinski definition) is 6. The second-order valence-electron chi connectivity index (χ2n) is 8.41. The van der Waals surface area contributed by atoms with E-state index < -0.39 is 11.3 Å². The van der Waals surface area contributed by atoms with E-state index in [0.717, 1.165) is 23.9 Å². The van der Waals surface area contributed by atoms with Crippen molar-refractivity contribution in [2.24, 2.45) is 5.41 Å². The Hall–Kier alpha value is -1.84. The molecule has 28 heavy (non-hydrogen) atoms. The minimum Gasteiger partial charge on any atom is -0.383 e. The molecule has 3 aliphatic rings. The van der Waals surface area contributed by atoms with Gasteiger partial charge in [0.1, 0.15) is 24.0 Å². The third-order valence-electron chi connectivity index (χ3n) is 6.69. The maximum absolute atomic E-state index is 14.6. The molecule has 3 N–H and O–H groups in total. The fourth-order valence-corrected chi connectivity index (χ4v) is 5.06. The molecule has 152 valence electrons. The number of likely N-dealkylation sites (tertiary alicyclic amines) is 1. The van der Waals surface area contributed by atoms with Gasteiger partial charge >= 0.3 is 0 Å². The van der Waals surface area contributed by atoms with Gasteiger partial charge in [0.2, 0.25) is 0 Å². The zero-order chi connectivity index (χ0) is 19.4. The molecule has 5 rings (SSSR count). The first-order valence-corrected chi connectivity index (χ1v) is 10.0. The van der Waals surface area contributed by atoms with Gasteiger partial charge in [-0.1, -0.05) is 0 Å². The molecular weight excluding hydrogens is 366 g/mol. The molecule has 5 heterocycles. The van der Waals surface area contributed by atoms with Crippen molar-refractivity contribution in [2.45, 2.75) is 43.9 Å². The largest absolute Gasteiger partial charge is 0.383 e. The number of alkyl halides is 2. The minimum absolute atomic E-state index is 0.0435. The van der Waals surface area contributed by atoms with Crippen molar-refractivity contribution in [3.05, 3.63) is 18.6 Å². The molecule has 3 fully saturated rings. The first-order chi connectivity index (χ1) is 13.5. The molecule has 2 aromatic rings. The molecule has 0 amide bonds. The second kappa shape index (κ2) is 6.60. The number of fused-ring (bicyclic) bond motifs is 1. The number of piperidine rings is 1. The maximum Gasteiger partial charge on any atom is 0.257 e.